The zero-order chi connectivity index (χ0) is 28.8. The van der Waals surface area contributed by atoms with E-state index in [1.165, 1.54) is 28.8 Å². The molecule has 1 unspecified atom stereocenters. The number of rotatable bonds is 5. The first-order valence-corrected chi connectivity index (χ1v) is 14.1. The number of aromatic nitrogens is 1. The summed E-state index contributed by atoms with van der Waals surface area (Å²) in [6.45, 7) is 4.06. The minimum Gasteiger partial charge on any atom is -0.744 e. The highest BCUT2D eigenvalue weighted by molar-refractivity contribution is 7.85. The number of aryl methyl sites for hydroxylation is 2. The summed E-state index contributed by atoms with van der Waals surface area (Å²) in [7, 11) is -2.38. The van der Waals surface area contributed by atoms with Crippen molar-refractivity contribution in [1.82, 2.24) is 5.43 Å². The molecule has 1 atom stereocenters. The Bertz CT molecular complexity index is 1650. The van der Waals surface area contributed by atoms with Gasteiger partial charge in [-0.3, -0.25) is 4.79 Å². The summed E-state index contributed by atoms with van der Waals surface area (Å²) in [5.41, 5.74) is 8.51. The smallest absolute Gasteiger partial charge is 0.277 e. The summed E-state index contributed by atoms with van der Waals surface area (Å²) in [4.78, 5) is 12.3. The average molecular weight is 554 g/mol. The number of carbonyl (C=O) groups excluding carboxylic acids is 1. The van der Waals surface area contributed by atoms with Crippen LogP contribution >= 0.6 is 0 Å². The van der Waals surface area contributed by atoms with Gasteiger partial charge in [-0.15, -0.1) is 0 Å². The van der Waals surface area contributed by atoms with Gasteiger partial charge in [-0.05, 0) is 47.9 Å². The maximum absolute atomic E-state index is 12.5. The van der Waals surface area contributed by atoms with Crippen LogP contribution < -0.4 is 9.99 Å². The van der Waals surface area contributed by atoms with E-state index in [9.17, 15) is 17.8 Å². The van der Waals surface area contributed by atoms with Gasteiger partial charge in [-0.2, -0.15) is 5.10 Å². The molecule has 0 aliphatic heterocycles. The van der Waals surface area contributed by atoms with Crippen LogP contribution in [0.1, 0.15) is 40.4 Å². The minimum absolute atomic E-state index is 0.178. The van der Waals surface area contributed by atoms with Crippen LogP contribution in [0.4, 0.5) is 0 Å². The first-order valence-electron chi connectivity index (χ1n) is 12.7. The van der Waals surface area contributed by atoms with Crippen molar-refractivity contribution in [1.29, 1.82) is 0 Å². The van der Waals surface area contributed by atoms with Gasteiger partial charge in [0, 0.05) is 17.9 Å². The van der Waals surface area contributed by atoms with Gasteiger partial charge < -0.3 is 4.55 Å². The second-order valence-electron chi connectivity index (χ2n) is 9.87. The number of nitrogens with one attached hydrogen (secondary N) is 1. The maximum atomic E-state index is 12.5. The molecule has 0 bridgehead atoms. The fourth-order valence-corrected chi connectivity index (χ4v) is 5.07. The van der Waals surface area contributed by atoms with Crippen LogP contribution in [-0.2, 0) is 22.6 Å². The zero-order valence-electron chi connectivity index (χ0n) is 22.6. The van der Waals surface area contributed by atoms with Crippen molar-refractivity contribution < 1.29 is 22.3 Å². The van der Waals surface area contributed by atoms with Gasteiger partial charge in [0.1, 0.15) is 22.7 Å². The van der Waals surface area contributed by atoms with E-state index in [2.05, 4.69) is 59.9 Å². The van der Waals surface area contributed by atoms with Gasteiger partial charge >= 0.3 is 0 Å². The average Bonchev–Trinajstić information content (AvgIpc) is 3.30. The molecule has 8 heteroatoms. The number of nitrogens with zero attached hydrogens (tertiary/aromatic N) is 2. The van der Waals surface area contributed by atoms with Gasteiger partial charge in [-0.25, -0.2) is 18.4 Å². The van der Waals surface area contributed by atoms with E-state index in [0.29, 0.717) is 5.56 Å². The first-order chi connectivity index (χ1) is 19.1. The lowest BCUT2D eigenvalue weighted by Crippen LogP contribution is -2.30. The van der Waals surface area contributed by atoms with E-state index < -0.39 is 10.1 Å². The standard InChI is InChI=1S/C25H23N3O.C7H8O3S/c1-25(21-13-7-4-8-14-21)17-22(16-23(25)19-10-5-3-6-11-19)26-27-24(29)20-12-9-15-28(2)18-20;1-6-2-4-7(5-3-6)11(8,9)10/h3-16,18H,17H2,1-2H3;2-5H,1H3,(H,8,9,10)/b26-22-;. The first kappa shape index (κ1) is 28.6. The Kier molecular flexibility index (Phi) is 8.72. The SMILES string of the molecule is C[n+]1cccc(C(=O)N/N=C2/C=C(c3ccccc3)C(C)(c3ccccc3)C2)c1.Cc1ccc(S(=O)(=O)[O-])cc1. The summed E-state index contributed by atoms with van der Waals surface area (Å²) in [5.74, 6) is -0.211. The van der Waals surface area contributed by atoms with Gasteiger partial charge in [0.15, 0.2) is 12.4 Å². The van der Waals surface area contributed by atoms with Crippen molar-refractivity contribution >= 4 is 27.3 Å². The lowest BCUT2D eigenvalue weighted by Gasteiger charge is -2.28. The third kappa shape index (κ3) is 6.97. The van der Waals surface area contributed by atoms with Crippen LogP contribution in [0, 0.1) is 6.92 Å². The number of pyridine rings is 1. The van der Waals surface area contributed by atoms with Gasteiger partial charge in [-0.1, -0.05) is 85.3 Å². The third-order valence-corrected chi connectivity index (χ3v) is 7.60. The zero-order valence-corrected chi connectivity index (χ0v) is 23.4. The molecule has 1 aliphatic carbocycles. The number of allylic oxidation sites excluding steroid dienone is 2. The van der Waals surface area contributed by atoms with Crippen LogP contribution in [0.2, 0.25) is 0 Å². The maximum Gasteiger partial charge on any atom is 0.277 e. The molecule has 4 aromatic rings. The molecule has 3 aromatic carbocycles. The Labute approximate surface area is 235 Å². The second-order valence-corrected chi connectivity index (χ2v) is 11.2. The molecule has 1 N–H and O–H groups in total. The predicted octanol–water partition coefficient (Wildman–Crippen LogP) is 4.94. The van der Waals surface area contributed by atoms with Crippen molar-refractivity contribution in [3.8, 4) is 0 Å². The number of hydrazone groups is 1. The molecular weight excluding hydrogens is 522 g/mol. The molecule has 1 amide bonds. The number of hydrogen-bond acceptors (Lipinski definition) is 5. The van der Waals surface area contributed by atoms with Crippen molar-refractivity contribution in [3.05, 3.63) is 138 Å². The molecule has 40 heavy (non-hydrogen) atoms. The van der Waals surface area contributed by atoms with Crippen molar-refractivity contribution in [2.24, 2.45) is 12.1 Å². The molecule has 0 saturated heterocycles. The van der Waals surface area contributed by atoms with Gasteiger partial charge in [0.2, 0.25) is 0 Å². The second kappa shape index (κ2) is 12.2. The summed E-state index contributed by atoms with van der Waals surface area (Å²) >= 11 is 0. The molecule has 204 valence electrons. The minimum atomic E-state index is -4.27. The fraction of sp³-hybridized carbons (Fsp3) is 0.156. The van der Waals surface area contributed by atoms with Crippen molar-refractivity contribution in [2.45, 2.75) is 30.6 Å². The summed E-state index contributed by atoms with van der Waals surface area (Å²) in [5, 5.41) is 4.46. The molecule has 0 radical (unpaired) electrons. The molecule has 0 spiro atoms. The number of hydrogen-bond donors (Lipinski definition) is 1. The van der Waals surface area contributed by atoms with E-state index in [1.54, 1.807) is 24.4 Å². The van der Waals surface area contributed by atoms with E-state index in [0.717, 1.165) is 17.7 Å². The summed E-state index contributed by atoms with van der Waals surface area (Å²) < 4.78 is 33.0. The molecule has 1 aromatic heterocycles. The normalized spacial score (nSPS) is 17.5. The summed E-state index contributed by atoms with van der Waals surface area (Å²) in [6.07, 6.45) is 6.50. The molecule has 1 aliphatic rings. The van der Waals surface area contributed by atoms with Crippen LogP contribution in [-0.4, -0.2) is 24.6 Å². The Morgan fingerprint density at radius 3 is 2.15 bits per heavy atom. The van der Waals surface area contributed by atoms with Crippen molar-refractivity contribution in [3.63, 3.8) is 0 Å². The monoisotopic (exact) mass is 553 g/mol. The Morgan fingerprint density at radius 1 is 0.925 bits per heavy atom. The Balaban J connectivity index is 0.000000283. The number of benzene rings is 3. The predicted molar refractivity (Wildman–Crippen MR) is 154 cm³/mol. The number of amides is 1. The molecular formula is C32H31N3O4S. The number of carbonyl (C=O) groups is 1. The van der Waals surface area contributed by atoms with Crippen LogP contribution in [0.15, 0.2) is 126 Å². The molecule has 0 saturated carbocycles. The van der Waals surface area contributed by atoms with E-state index in [1.807, 2.05) is 55.1 Å². The van der Waals surface area contributed by atoms with Crippen LogP contribution in [0.5, 0.6) is 0 Å². The van der Waals surface area contributed by atoms with E-state index in [-0.39, 0.29) is 16.2 Å². The fourth-order valence-electron chi connectivity index (χ4n) is 4.60. The highest BCUT2D eigenvalue weighted by Crippen LogP contribution is 2.45. The van der Waals surface area contributed by atoms with Gasteiger partial charge in [0.25, 0.3) is 5.91 Å². The lowest BCUT2D eigenvalue weighted by atomic mass is 9.74. The Morgan fingerprint density at radius 2 is 1.55 bits per heavy atom. The van der Waals surface area contributed by atoms with Crippen molar-refractivity contribution in [2.75, 3.05) is 0 Å². The van der Waals surface area contributed by atoms with Crippen LogP contribution in [0.25, 0.3) is 5.57 Å². The van der Waals surface area contributed by atoms with E-state index >= 15 is 0 Å². The lowest BCUT2D eigenvalue weighted by molar-refractivity contribution is -0.671. The molecule has 1 heterocycles. The summed E-state index contributed by atoms with van der Waals surface area (Å²) in [6, 6.07) is 30.2. The molecule has 7 nitrogen and oxygen atoms in total. The highest BCUT2D eigenvalue weighted by atomic mass is 32.2. The topological polar surface area (TPSA) is 103 Å². The quantitative estimate of drug-likeness (QED) is 0.215. The van der Waals surface area contributed by atoms with E-state index in [4.69, 9.17) is 0 Å². The van der Waals surface area contributed by atoms with Gasteiger partial charge in [0.05, 0.1) is 10.6 Å². The Hall–Kier alpha value is -4.40. The third-order valence-electron chi connectivity index (χ3n) is 6.75. The van der Waals surface area contributed by atoms with Crippen LogP contribution in [0.3, 0.4) is 0 Å². The highest BCUT2D eigenvalue weighted by Gasteiger charge is 2.38. The largest absolute Gasteiger partial charge is 0.744 e. The molecule has 5 rings (SSSR count). The molecule has 0 fully saturated rings.